The molecule has 0 spiro atoms. The van der Waals surface area contributed by atoms with Crippen LogP contribution in [-0.2, 0) is 16.1 Å². The Morgan fingerprint density at radius 2 is 1.97 bits per heavy atom. The van der Waals surface area contributed by atoms with Gasteiger partial charge in [0.1, 0.15) is 5.82 Å². The highest BCUT2D eigenvalue weighted by atomic mass is 16.5. The van der Waals surface area contributed by atoms with Crippen LogP contribution >= 0.6 is 0 Å². The number of aromatic amines is 1. The number of rotatable bonds is 7. The predicted octanol–water partition coefficient (Wildman–Crippen LogP) is 3.79. The molecule has 6 heteroatoms. The van der Waals surface area contributed by atoms with E-state index in [9.17, 15) is 9.59 Å². The van der Waals surface area contributed by atoms with Crippen molar-refractivity contribution in [2.45, 2.75) is 70.4 Å². The average molecular weight is 398 g/mol. The van der Waals surface area contributed by atoms with E-state index in [1.54, 1.807) is 6.07 Å². The van der Waals surface area contributed by atoms with E-state index in [0.717, 1.165) is 25.9 Å². The Labute approximate surface area is 171 Å². The summed E-state index contributed by atoms with van der Waals surface area (Å²) in [6.07, 6.45) is 10.0. The number of para-hydroxylation sites is 1. The molecule has 1 saturated carbocycles. The highest BCUT2D eigenvalue weighted by Gasteiger charge is 2.24. The number of carbonyl (C=O) groups excluding carboxylic acids is 1. The molecular weight excluding hydrogens is 366 g/mol. The quantitative estimate of drug-likeness (QED) is 0.771. The van der Waals surface area contributed by atoms with Crippen LogP contribution in [0.1, 0.15) is 63.6 Å². The third kappa shape index (κ3) is 5.24. The maximum absolute atomic E-state index is 13.1. The van der Waals surface area contributed by atoms with E-state index in [0.29, 0.717) is 42.2 Å². The van der Waals surface area contributed by atoms with E-state index >= 15 is 0 Å². The van der Waals surface area contributed by atoms with E-state index < -0.39 is 0 Å². The average Bonchev–Trinajstić information content (AvgIpc) is 3.25. The smallest absolute Gasteiger partial charge is 0.258 e. The van der Waals surface area contributed by atoms with E-state index in [2.05, 4.69) is 9.97 Å². The Hall–Kier alpha value is -2.21. The van der Waals surface area contributed by atoms with E-state index in [-0.39, 0.29) is 17.6 Å². The molecule has 2 fully saturated rings. The molecule has 2 aromatic rings. The van der Waals surface area contributed by atoms with Crippen LogP contribution in [-0.4, -0.2) is 40.0 Å². The number of carbonyl (C=O) groups is 1. The van der Waals surface area contributed by atoms with Crippen molar-refractivity contribution in [3.8, 4) is 0 Å². The molecule has 29 heavy (non-hydrogen) atoms. The van der Waals surface area contributed by atoms with Gasteiger partial charge in [-0.25, -0.2) is 4.98 Å². The van der Waals surface area contributed by atoms with Crippen molar-refractivity contribution in [3.63, 3.8) is 0 Å². The largest absolute Gasteiger partial charge is 0.376 e. The van der Waals surface area contributed by atoms with Crippen molar-refractivity contribution in [1.82, 2.24) is 14.9 Å². The van der Waals surface area contributed by atoms with Gasteiger partial charge in [0.15, 0.2) is 0 Å². The molecule has 1 amide bonds. The second-order valence-electron chi connectivity index (χ2n) is 8.48. The van der Waals surface area contributed by atoms with Gasteiger partial charge in [-0.15, -0.1) is 0 Å². The number of amides is 1. The molecule has 4 rings (SSSR count). The van der Waals surface area contributed by atoms with Crippen molar-refractivity contribution in [2.75, 3.05) is 13.2 Å². The lowest BCUT2D eigenvalue weighted by Gasteiger charge is -2.27. The topological polar surface area (TPSA) is 75.3 Å². The molecule has 6 nitrogen and oxygen atoms in total. The first-order valence-corrected chi connectivity index (χ1v) is 11.1. The summed E-state index contributed by atoms with van der Waals surface area (Å²) < 4.78 is 5.77. The van der Waals surface area contributed by atoms with Gasteiger partial charge in [0.2, 0.25) is 5.91 Å². The minimum absolute atomic E-state index is 0.0841. The van der Waals surface area contributed by atoms with E-state index in [4.69, 9.17) is 4.74 Å². The molecule has 0 bridgehead atoms. The second-order valence-corrected chi connectivity index (χ2v) is 8.48. The number of nitrogens with one attached hydrogen (secondary N) is 1. The van der Waals surface area contributed by atoms with Gasteiger partial charge in [-0.2, -0.15) is 0 Å². The van der Waals surface area contributed by atoms with Gasteiger partial charge in [-0.1, -0.05) is 44.2 Å². The first-order valence-electron chi connectivity index (χ1n) is 11.1. The van der Waals surface area contributed by atoms with Crippen molar-refractivity contribution < 1.29 is 9.53 Å². The molecule has 156 valence electrons. The maximum atomic E-state index is 13.1. The lowest BCUT2D eigenvalue weighted by molar-refractivity contribution is -0.134. The van der Waals surface area contributed by atoms with Crippen molar-refractivity contribution in [3.05, 3.63) is 40.4 Å². The summed E-state index contributed by atoms with van der Waals surface area (Å²) >= 11 is 0. The Bertz CT molecular complexity index is 882. The third-order valence-corrected chi connectivity index (χ3v) is 6.29. The lowest BCUT2D eigenvalue weighted by atomic mass is 9.86. The molecular formula is C23H31N3O3. The van der Waals surface area contributed by atoms with Gasteiger partial charge in [0.25, 0.3) is 5.56 Å². The van der Waals surface area contributed by atoms with Crippen molar-refractivity contribution in [2.24, 2.45) is 5.92 Å². The summed E-state index contributed by atoms with van der Waals surface area (Å²) in [6, 6.07) is 7.31. The van der Waals surface area contributed by atoms with Crippen LogP contribution in [0.2, 0.25) is 0 Å². The van der Waals surface area contributed by atoms with Gasteiger partial charge in [-0.05, 0) is 37.3 Å². The molecule has 1 aliphatic heterocycles. The number of ether oxygens (including phenoxy) is 1. The second kappa shape index (κ2) is 9.53. The molecule has 1 aromatic carbocycles. The first kappa shape index (κ1) is 20.1. The number of aromatic nitrogens is 2. The van der Waals surface area contributed by atoms with Gasteiger partial charge in [0.05, 0.1) is 23.6 Å². The number of H-pyrrole nitrogens is 1. The van der Waals surface area contributed by atoms with Crippen LogP contribution in [0.3, 0.4) is 0 Å². The monoisotopic (exact) mass is 397 g/mol. The molecule has 1 aliphatic carbocycles. The lowest BCUT2D eigenvalue weighted by Crippen LogP contribution is -2.38. The fourth-order valence-corrected chi connectivity index (χ4v) is 4.64. The third-order valence-electron chi connectivity index (χ3n) is 6.29. The summed E-state index contributed by atoms with van der Waals surface area (Å²) in [6.45, 7) is 1.66. The zero-order valence-electron chi connectivity index (χ0n) is 17.1. The highest BCUT2D eigenvalue weighted by molar-refractivity contribution is 5.78. The fourth-order valence-electron chi connectivity index (χ4n) is 4.64. The molecule has 1 saturated heterocycles. The molecule has 0 unspecified atom stereocenters. The van der Waals surface area contributed by atoms with Crippen molar-refractivity contribution >= 4 is 16.8 Å². The summed E-state index contributed by atoms with van der Waals surface area (Å²) in [5.41, 5.74) is 0.510. The number of hydrogen-bond donors (Lipinski definition) is 1. The number of fused-ring (bicyclic) bond motifs is 1. The zero-order valence-corrected chi connectivity index (χ0v) is 17.1. The number of nitrogens with zero attached hydrogens (tertiary/aromatic N) is 2. The van der Waals surface area contributed by atoms with Crippen LogP contribution in [0.15, 0.2) is 29.1 Å². The van der Waals surface area contributed by atoms with E-state index in [1.807, 2.05) is 23.1 Å². The Kier molecular flexibility index (Phi) is 6.60. The Morgan fingerprint density at radius 1 is 1.14 bits per heavy atom. The van der Waals surface area contributed by atoms with Crippen molar-refractivity contribution in [1.29, 1.82) is 0 Å². The van der Waals surface area contributed by atoms with Crippen LogP contribution < -0.4 is 5.56 Å². The van der Waals surface area contributed by atoms with Crippen LogP contribution in [0, 0.1) is 5.92 Å². The molecule has 1 N–H and O–H groups in total. The summed E-state index contributed by atoms with van der Waals surface area (Å²) in [5, 5.41) is 0.575. The van der Waals surface area contributed by atoms with Gasteiger partial charge < -0.3 is 14.6 Å². The minimum atomic E-state index is -0.155. The van der Waals surface area contributed by atoms with Crippen LogP contribution in [0.5, 0.6) is 0 Å². The van der Waals surface area contributed by atoms with Gasteiger partial charge >= 0.3 is 0 Å². The summed E-state index contributed by atoms with van der Waals surface area (Å²) in [5.74, 6) is 1.36. The first-order chi connectivity index (χ1) is 14.2. The zero-order chi connectivity index (χ0) is 20.1. The SMILES string of the molecule is O=C(CCC1CCCCC1)N(Cc1nc2ccccc2c(=O)[nH]1)C[C@@H]1CCCO1. The molecule has 1 atom stereocenters. The highest BCUT2D eigenvalue weighted by Crippen LogP contribution is 2.27. The molecule has 2 heterocycles. The molecule has 1 aromatic heterocycles. The summed E-state index contributed by atoms with van der Waals surface area (Å²) in [7, 11) is 0. The molecule has 2 aliphatic rings. The van der Waals surface area contributed by atoms with Gasteiger partial charge in [-0.3, -0.25) is 9.59 Å². The summed E-state index contributed by atoms with van der Waals surface area (Å²) in [4.78, 5) is 34.8. The maximum Gasteiger partial charge on any atom is 0.258 e. The van der Waals surface area contributed by atoms with Gasteiger partial charge in [0, 0.05) is 19.6 Å². The van der Waals surface area contributed by atoms with E-state index in [1.165, 1.54) is 32.1 Å². The van der Waals surface area contributed by atoms with Crippen LogP contribution in [0.4, 0.5) is 0 Å². The molecule has 0 radical (unpaired) electrons. The number of hydrogen-bond acceptors (Lipinski definition) is 4. The fraction of sp³-hybridized carbons (Fsp3) is 0.609. The standard InChI is InChI=1S/C23H31N3O3/c27-22(13-12-17-7-2-1-3-8-17)26(15-18-9-6-14-29-18)16-21-24-20-11-5-4-10-19(20)23(28)25-21/h4-5,10-11,17-18H,1-3,6-9,12-16H2,(H,24,25,28)/t18-/m0/s1. The predicted molar refractivity (Wildman–Crippen MR) is 113 cm³/mol. The van der Waals surface area contributed by atoms with Crippen LogP contribution in [0.25, 0.3) is 10.9 Å². The Morgan fingerprint density at radius 3 is 2.76 bits per heavy atom. The normalized spacial score (nSPS) is 20.2. The minimum Gasteiger partial charge on any atom is -0.376 e. The number of benzene rings is 1. The Balaban J connectivity index is 1.47.